The third kappa shape index (κ3) is 6.30. The van der Waals surface area contributed by atoms with Crippen molar-refractivity contribution in [2.45, 2.75) is 96.7 Å². The van der Waals surface area contributed by atoms with E-state index < -0.39 is 11.4 Å². The van der Waals surface area contributed by atoms with Crippen molar-refractivity contribution in [2.75, 3.05) is 0 Å². The van der Waals surface area contributed by atoms with Gasteiger partial charge in [-0.2, -0.15) is 0 Å². The van der Waals surface area contributed by atoms with E-state index in [0.29, 0.717) is 12.3 Å². The van der Waals surface area contributed by atoms with Crippen molar-refractivity contribution in [1.29, 1.82) is 0 Å². The molecule has 0 unspecified atom stereocenters. The number of hydrogen-bond acceptors (Lipinski definition) is 7. The number of carbonyl (C=O) groups excluding carboxylic acids is 1. The molecule has 1 aliphatic heterocycles. The van der Waals surface area contributed by atoms with Crippen LogP contribution in [-0.2, 0) is 19.0 Å². The molecule has 2 fully saturated rings. The van der Waals surface area contributed by atoms with Crippen LogP contribution < -0.4 is 0 Å². The number of pyridine rings is 1. The standard InChI is InChI=1S/C30H35FN2O4S/c1-17-32-27-25(18-9-11-20(31)12-10-18)23(26(19-7-8-19)33-28(27)38-17)14-13-21-15-22(36-30(5,6)35-21)16-24(34)37-29(2,3)4/h9-14,19,21-22H,7-8,15-16H2,1-6H3/b14-13+/t21-,22-/m1/s1. The molecule has 38 heavy (non-hydrogen) atoms. The Morgan fingerprint density at radius 1 is 1.18 bits per heavy atom. The van der Waals surface area contributed by atoms with E-state index in [1.54, 1.807) is 23.5 Å². The Morgan fingerprint density at radius 3 is 2.55 bits per heavy atom. The van der Waals surface area contributed by atoms with Crippen LogP contribution in [0, 0.1) is 12.7 Å². The van der Waals surface area contributed by atoms with E-state index in [9.17, 15) is 9.18 Å². The zero-order valence-corrected chi connectivity index (χ0v) is 23.7. The van der Waals surface area contributed by atoms with E-state index in [4.69, 9.17) is 24.2 Å². The summed E-state index contributed by atoms with van der Waals surface area (Å²) in [5.74, 6) is -1.02. The highest BCUT2D eigenvalue weighted by Crippen LogP contribution is 2.46. The lowest BCUT2D eigenvalue weighted by molar-refractivity contribution is -0.290. The van der Waals surface area contributed by atoms with Gasteiger partial charge in [-0.25, -0.2) is 14.4 Å². The summed E-state index contributed by atoms with van der Waals surface area (Å²) in [5.41, 5.74) is 4.20. The maximum absolute atomic E-state index is 13.8. The number of aryl methyl sites for hydroxylation is 1. The Morgan fingerprint density at radius 2 is 1.89 bits per heavy atom. The van der Waals surface area contributed by atoms with Crippen molar-refractivity contribution in [3.8, 4) is 11.1 Å². The minimum Gasteiger partial charge on any atom is -0.460 e. The molecule has 0 spiro atoms. The van der Waals surface area contributed by atoms with Gasteiger partial charge in [0.25, 0.3) is 0 Å². The number of fused-ring (bicyclic) bond motifs is 1. The van der Waals surface area contributed by atoms with E-state index in [1.165, 1.54) is 12.1 Å². The number of thiazole rings is 1. The highest BCUT2D eigenvalue weighted by molar-refractivity contribution is 7.18. The Hall–Kier alpha value is -2.68. The molecule has 1 aromatic carbocycles. The Kier molecular flexibility index (Phi) is 7.18. The van der Waals surface area contributed by atoms with Gasteiger partial charge < -0.3 is 14.2 Å². The number of aromatic nitrogens is 2. The molecule has 8 heteroatoms. The first-order valence-electron chi connectivity index (χ1n) is 13.2. The summed E-state index contributed by atoms with van der Waals surface area (Å²) in [4.78, 5) is 23.3. The van der Waals surface area contributed by atoms with E-state index in [-0.39, 0.29) is 30.4 Å². The topological polar surface area (TPSA) is 70.5 Å². The third-order valence-electron chi connectivity index (χ3n) is 6.49. The van der Waals surface area contributed by atoms with Gasteiger partial charge >= 0.3 is 5.97 Å². The number of nitrogens with zero attached hydrogens (tertiary/aromatic N) is 2. The highest BCUT2D eigenvalue weighted by atomic mass is 32.1. The number of carbonyl (C=O) groups is 1. The van der Waals surface area contributed by atoms with Gasteiger partial charge in [0.1, 0.15) is 21.8 Å². The second kappa shape index (κ2) is 10.1. The zero-order chi connectivity index (χ0) is 27.2. The highest BCUT2D eigenvalue weighted by Gasteiger charge is 2.37. The largest absolute Gasteiger partial charge is 0.460 e. The van der Waals surface area contributed by atoms with Crippen LogP contribution in [0.1, 0.15) is 82.5 Å². The summed E-state index contributed by atoms with van der Waals surface area (Å²) >= 11 is 1.58. The van der Waals surface area contributed by atoms with E-state index in [2.05, 4.69) is 6.08 Å². The molecule has 0 radical (unpaired) electrons. The quantitative estimate of drug-likeness (QED) is 0.306. The van der Waals surface area contributed by atoms with Gasteiger partial charge in [0.15, 0.2) is 5.79 Å². The summed E-state index contributed by atoms with van der Waals surface area (Å²) in [6.45, 7) is 11.3. The van der Waals surface area contributed by atoms with Gasteiger partial charge in [-0.15, -0.1) is 0 Å². The zero-order valence-electron chi connectivity index (χ0n) is 22.8. The van der Waals surface area contributed by atoms with Gasteiger partial charge in [-0.05, 0) is 72.1 Å². The average molecular weight is 539 g/mol. The second-order valence-electron chi connectivity index (χ2n) is 11.6. The predicted molar refractivity (Wildman–Crippen MR) is 147 cm³/mol. The normalized spacial score (nSPS) is 21.8. The Balaban J connectivity index is 1.50. The SMILES string of the molecule is Cc1nc2c(-c3ccc(F)cc3)c(/C=C/[C@@H]3C[C@H](CC(=O)OC(C)(C)C)OC(C)(C)O3)c(C3CC3)nc2s1. The molecular formula is C30H35FN2O4S. The summed E-state index contributed by atoms with van der Waals surface area (Å²) in [6, 6.07) is 6.57. The van der Waals surface area contributed by atoms with Crippen LogP contribution in [0.3, 0.4) is 0 Å². The van der Waals surface area contributed by atoms with Gasteiger partial charge in [0, 0.05) is 23.5 Å². The monoisotopic (exact) mass is 538 g/mol. The fourth-order valence-corrected chi connectivity index (χ4v) is 5.80. The molecule has 5 rings (SSSR count). The van der Waals surface area contributed by atoms with Crippen molar-refractivity contribution in [3.05, 3.63) is 52.4 Å². The smallest absolute Gasteiger partial charge is 0.308 e. The van der Waals surface area contributed by atoms with E-state index in [1.807, 2.05) is 47.6 Å². The molecule has 3 heterocycles. The molecular weight excluding hydrogens is 503 g/mol. The van der Waals surface area contributed by atoms with Crippen molar-refractivity contribution in [3.63, 3.8) is 0 Å². The lowest BCUT2D eigenvalue weighted by Crippen LogP contribution is -2.45. The molecule has 2 aromatic heterocycles. The first-order valence-corrected chi connectivity index (χ1v) is 14.0. The molecule has 0 bridgehead atoms. The van der Waals surface area contributed by atoms with Gasteiger partial charge in [-0.1, -0.05) is 35.6 Å². The van der Waals surface area contributed by atoms with Gasteiger partial charge in [-0.3, -0.25) is 4.79 Å². The average Bonchev–Trinajstić information content (AvgIpc) is 3.56. The number of benzene rings is 1. The van der Waals surface area contributed by atoms with Crippen LogP contribution in [0.5, 0.6) is 0 Å². The van der Waals surface area contributed by atoms with Gasteiger partial charge in [0.05, 0.1) is 29.3 Å². The lowest BCUT2D eigenvalue weighted by Gasteiger charge is -2.39. The molecule has 2 aliphatic rings. The predicted octanol–water partition coefficient (Wildman–Crippen LogP) is 7.34. The molecule has 0 N–H and O–H groups in total. The molecule has 3 aromatic rings. The molecule has 2 atom stereocenters. The van der Waals surface area contributed by atoms with Crippen molar-refractivity contribution in [2.24, 2.45) is 0 Å². The first-order chi connectivity index (χ1) is 17.9. The van der Waals surface area contributed by atoms with Gasteiger partial charge in [0.2, 0.25) is 0 Å². The first kappa shape index (κ1) is 26.9. The fraction of sp³-hybridized carbons (Fsp3) is 0.500. The molecule has 1 saturated carbocycles. The summed E-state index contributed by atoms with van der Waals surface area (Å²) in [6.07, 6.45) is 6.38. The van der Waals surface area contributed by atoms with Crippen molar-refractivity contribution >= 4 is 33.7 Å². The van der Waals surface area contributed by atoms with Crippen LogP contribution >= 0.6 is 11.3 Å². The molecule has 1 saturated heterocycles. The molecule has 1 aliphatic carbocycles. The molecule has 0 amide bonds. The summed E-state index contributed by atoms with van der Waals surface area (Å²) in [5, 5.41) is 0.943. The maximum Gasteiger partial charge on any atom is 0.308 e. The Labute approximate surface area is 227 Å². The maximum atomic E-state index is 13.8. The van der Waals surface area contributed by atoms with Crippen LogP contribution in [0.2, 0.25) is 0 Å². The van der Waals surface area contributed by atoms with Crippen LogP contribution in [0.25, 0.3) is 27.6 Å². The minimum atomic E-state index is -0.854. The van der Waals surface area contributed by atoms with Crippen molar-refractivity contribution < 1.29 is 23.4 Å². The number of hydrogen-bond donors (Lipinski definition) is 0. The third-order valence-corrected chi connectivity index (χ3v) is 7.35. The Bertz CT molecular complexity index is 1370. The number of esters is 1. The van der Waals surface area contributed by atoms with E-state index >= 15 is 0 Å². The minimum absolute atomic E-state index is 0.161. The number of rotatable bonds is 6. The number of halogens is 1. The fourth-order valence-electron chi connectivity index (χ4n) is 4.99. The van der Waals surface area contributed by atoms with E-state index in [0.717, 1.165) is 50.6 Å². The summed E-state index contributed by atoms with van der Waals surface area (Å²) in [7, 11) is 0. The van der Waals surface area contributed by atoms with Crippen LogP contribution in [0.15, 0.2) is 30.3 Å². The number of ether oxygens (including phenoxy) is 3. The lowest BCUT2D eigenvalue weighted by atomic mass is 9.95. The van der Waals surface area contributed by atoms with Crippen LogP contribution in [-0.4, -0.2) is 39.5 Å². The molecule has 6 nitrogen and oxygen atoms in total. The summed E-state index contributed by atoms with van der Waals surface area (Å²) < 4.78 is 31.6. The van der Waals surface area contributed by atoms with Crippen LogP contribution in [0.4, 0.5) is 4.39 Å². The molecule has 202 valence electrons. The van der Waals surface area contributed by atoms with Crippen molar-refractivity contribution in [1.82, 2.24) is 9.97 Å². The second-order valence-corrected chi connectivity index (χ2v) is 12.8.